The second-order valence-electron chi connectivity index (χ2n) is 7.57. The van der Waals surface area contributed by atoms with Crippen LogP contribution >= 0.6 is 0 Å². The number of hydrogen-bond acceptors (Lipinski definition) is 4. The van der Waals surface area contributed by atoms with Crippen LogP contribution in [-0.4, -0.2) is 22.6 Å². The van der Waals surface area contributed by atoms with Crippen LogP contribution in [0.1, 0.15) is 22.3 Å². The standard InChI is InChI=1S/C28H24N2O2/c1-19-9-7-13-23(29-17-21-11-3-5-15-25(21)31)27(19)28-20(2)10-8-14-24(28)30-18-22-12-4-6-16-26(22)32/h3-18,31-32H,1-2H3/b29-17+,30-18+. The summed E-state index contributed by atoms with van der Waals surface area (Å²) >= 11 is 0. The second-order valence-corrected chi connectivity index (χ2v) is 7.57. The lowest BCUT2D eigenvalue weighted by Gasteiger charge is -2.15. The minimum atomic E-state index is 0.189. The molecule has 4 nitrogen and oxygen atoms in total. The van der Waals surface area contributed by atoms with E-state index in [1.54, 1.807) is 36.7 Å². The van der Waals surface area contributed by atoms with E-state index in [-0.39, 0.29) is 11.5 Å². The summed E-state index contributed by atoms with van der Waals surface area (Å²) < 4.78 is 0. The second kappa shape index (κ2) is 9.31. The minimum absolute atomic E-state index is 0.189. The van der Waals surface area contributed by atoms with Crippen LogP contribution in [-0.2, 0) is 0 Å². The highest BCUT2D eigenvalue weighted by Gasteiger charge is 2.14. The van der Waals surface area contributed by atoms with Crippen LogP contribution in [0.15, 0.2) is 94.9 Å². The van der Waals surface area contributed by atoms with Gasteiger partial charge >= 0.3 is 0 Å². The Morgan fingerprint density at radius 1 is 0.531 bits per heavy atom. The van der Waals surface area contributed by atoms with Crippen LogP contribution in [0.3, 0.4) is 0 Å². The molecule has 4 aromatic rings. The summed E-state index contributed by atoms with van der Waals surface area (Å²) in [7, 11) is 0. The number of para-hydroxylation sites is 2. The zero-order valence-corrected chi connectivity index (χ0v) is 18.0. The van der Waals surface area contributed by atoms with Crippen molar-refractivity contribution in [3.05, 3.63) is 107 Å². The van der Waals surface area contributed by atoms with Gasteiger partial charge in [0, 0.05) is 34.7 Å². The number of aromatic hydroxyl groups is 2. The number of aliphatic imine (C=N–C) groups is 2. The van der Waals surface area contributed by atoms with Crippen LogP contribution in [0.4, 0.5) is 11.4 Å². The van der Waals surface area contributed by atoms with E-state index >= 15 is 0 Å². The molecule has 4 heteroatoms. The Hall–Kier alpha value is -4.18. The number of hydrogen-bond donors (Lipinski definition) is 2. The lowest BCUT2D eigenvalue weighted by molar-refractivity contribution is 0.474. The maximum absolute atomic E-state index is 10.1. The normalized spacial score (nSPS) is 11.4. The molecule has 0 atom stereocenters. The Labute approximate surface area is 187 Å². The van der Waals surface area contributed by atoms with E-state index in [0.717, 1.165) is 33.6 Å². The smallest absolute Gasteiger partial charge is 0.124 e. The van der Waals surface area contributed by atoms with Gasteiger partial charge in [-0.15, -0.1) is 0 Å². The summed E-state index contributed by atoms with van der Waals surface area (Å²) in [6.07, 6.45) is 3.35. The van der Waals surface area contributed by atoms with E-state index in [1.807, 2.05) is 48.5 Å². The molecule has 0 spiro atoms. The summed E-state index contributed by atoms with van der Waals surface area (Å²) in [4.78, 5) is 9.42. The average molecular weight is 421 g/mol. The lowest BCUT2D eigenvalue weighted by atomic mass is 9.93. The van der Waals surface area contributed by atoms with Crippen LogP contribution in [0.25, 0.3) is 11.1 Å². The number of aryl methyl sites for hydroxylation is 2. The summed E-state index contributed by atoms with van der Waals surface area (Å²) in [6.45, 7) is 4.11. The third-order valence-electron chi connectivity index (χ3n) is 5.31. The van der Waals surface area contributed by atoms with Gasteiger partial charge in [-0.05, 0) is 61.4 Å². The molecular formula is C28H24N2O2. The summed E-state index contributed by atoms with van der Waals surface area (Å²) in [6, 6.07) is 26.2. The molecule has 4 aromatic carbocycles. The van der Waals surface area contributed by atoms with Crippen LogP contribution < -0.4 is 0 Å². The van der Waals surface area contributed by atoms with Crippen molar-refractivity contribution >= 4 is 23.8 Å². The fourth-order valence-corrected chi connectivity index (χ4v) is 3.64. The molecule has 0 heterocycles. The van der Waals surface area contributed by atoms with Gasteiger partial charge in [0.1, 0.15) is 11.5 Å². The van der Waals surface area contributed by atoms with E-state index in [0.29, 0.717) is 11.1 Å². The van der Waals surface area contributed by atoms with Crippen LogP contribution in [0, 0.1) is 13.8 Å². The molecule has 0 aliphatic heterocycles. The van der Waals surface area contributed by atoms with Crippen LogP contribution in [0.2, 0.25) is 0 Å². The van der Waals surface area contributed by atoms with E-state index in [2.05, 4.69) is 26.0 Å². The molecule has 0 bridgehead atoms. The monoisotopic (exact) mass is 420 g/mol. The molecule has 0 saturated carbocycles. The van der Waals surface area contributed by atoms with Gasteiger partial charge in [0.15, 0.2) is 0 Å². The van der Waals surface area contributed by atoms with E-state index < -0.39 is 0 Å². The van der Waals surface area contributed by atoms with Crippen molar-refractivity contribution in [2.45, 2.75) is 13.8 Å². The average Bonchev–Trinajstić information content (AvgIpc) is 2.79. The molecule has 4 rings (SSSR count). The highest BCUT2D eigenvalue weighted by atomic mass is 16.3. The zero-order valence-electron chi connectivity index (χ0n) is 18.0. The van der Waals surface area contributed by atoms with Crippen molar-refractivity contribution in [3.63, 3.8) is 0 Å². The van der Waals surface area contributed by atoms with Gasteiger partial charge in [-0.1, -0.05) is 48.5 Å². The first-order chi connectivity index (χ1) is 15.5. The molecule has 2 N–H and O–H groups in total. The van der Waals surface area contributed by atoms with E-state index in [9.17, 15) is 10.2 Å². The molecule has 32 heavy (non-hydrogen) atoms. The quantitative estimate of drug-likeness (QED) is 0.346. The predicted molar refractivity (Wildman–Crippen MR) is 132 cm³/mol. The number of benzene rings is 4. The Balaban J connectivity index is 1.83. The molecule has 0 aliphatic rings. The first-order valence-corrected chi connectivity index (χ1v) is 10.4. The Morgan fingerprint density at radius 3 is 1.34 bits per heavy atom. The predicted octanol–water partition coefficient (Wildman–Crippen LogP) is 6.88. The minimum Gasteiger partial charge on any atom is -0.507 e. The largest absolute Gasteiger partial charge is 0.507 e. The summed E-state index contributed by atoms with van der Waals surface area (Å²) in [5, 5.41) is 20.2. The van der Waals surface area contributed by atoms with Crippen molar-refractivity contribution in [2.24, 2.45) is 9.98 Å². The van der Waals surface area contributed by atoms with Gasteiger partial charge in [0.25, 0.3) is 0 Å². The molecule has 0 saturated heterocycles. The third-order valence-corrected chi connectivity index (χ3v) is 5.31. The number of rotatable bonds is 5. The highest BCUT2D eigenvalue weighted by Crippen LogP contribution is 2.41. The van der Waals surface area contributed by atoms with Gasteiger partial charge in [-0.3, -0.25) is 9.98 Å². The number of phenolic OH excluding ortho intramolecular Hbond substituents is 2. The third kappa shape index (κ3) is 4.44. The topological polar surface area (TPSA) is 65.2 Å². The van der Waals surface area contributed by atoms with E-state index in [4.69, 9.17) is 9.98 Å². The van der Waals surface area contributed by atoms with Gasteiger partial charge in [-0.2, -0.15) is 0 Å². The molecule has 0 aromatic heterocycles. The molecule has 0 amide bonds. The Bertz CT molecular complexity index is 1220. The molecule has 0 aliphatic carbocycles. The van der Waals surface area contributed by atoms with Gasteiger partial charge in [0.2, 0.25) is 0 Å². The SMILES string of the molecule is Cc1cccc(/N=C/c2ccccc2O)c1-c1c(C)cccc1/N=C/c1ccccc1O. The molecule has 158 valence electrons. The van der Waals surface area contributed by atoms with Crippen molar-refractivity contribution in [1.82, 2.24) is 0 Å². The van der Waals surface area contributed by atoms with Gasteiger partial charge in [0.05, 0.1) is 11.4 Å². The van der Waals surface area contributed by atoms with Crippen LogP contribution in [0.5, 0.6) is 11.5 Å². The summed E-state index contributed by atoms with van der Waals surface area (Å²) in [5.74, 6) is 0.378. The molecular weight excluding hydrogens is 396 g/mol. The Morgan fingerprint density at radius 2 is 0.938 bits per heavy atom. The van der Waals surface area contributed by atoms with Crippen molar-refractivity contribution < 1.29 is 10.2 Å². The first-order valence-electron chi connectivity index (χ1n) is 10.4. The molecule has 0 fully saturated rings. The fourth-order valence-electron chi connectivity index (χ4n) is 3.64. The number of nitrogens with zero attached hydrogens (tertiary/aromatic N) is 2. The first kappa shape index (κ1) is 21.1. The van der Waals surface area contributed by atoms with Gasteiger partial charge in [-0.25, -0.2) is 0 Å². The highest BCUT2D eigenvalue weighted by molar-refractivity contribution is 5.94. The van der Waals surface area contributed by atoms with Gasteiger partial charge < -0.3 is 10.2 Å². The fraction of sp³-hybridized carbons (Fsp3) is 0.0714. The molecule has 0 radical (unpaired) electrons. The van der Waals surface area contributed by atoms with Crippen molar-refractivity contribution in [3.8, 4) is 22.6 Å². The maximum atomic E-state index is 10.1. The van der Waals surface area contributed by atoms with Crippen molar-refractivity contribution in [1.29, 1.82) is 0 Å². The van der Waals surface area contributed by atoms with Crippen molar-refractivity contribution in [2.75, 3.05) is 0 Å². The zero-order chi connectivity index (χ0) is 22.5. The number of phenols is 2. The maximum Gasteiger partial charge on any atom is 0.124 e. The molecule has 0 unspecified atom stereocenters. The Kier molecular flexibility index (Phi) is 6.13. The van der Waals surface area contributed by atoms with E-state index in [1.165, 1.54) is 0 Å². The summed E-state index contributed by atoms with van der Waals surface area (Å²) in [5.41, 5.74) is 7.02. The lowest BCUT2D eigenvalue weighted by Crippen LogP contribution is -1.91.